The number of benzene rings is 2. The van der Waals surface area contributed by atoms with Crippen LogP contribution in [0.2, 0.25) is 5.02 Å². The van der Waals surface area contributed by atoms with E-state index in [-0.39, 0.29) is 5.69 Å². The Hall–Kier alpha value is -2.80. The van der Waals surface area contributed by atoms with Gasteiger partial charge in [-0.05, 0) is 29.5 Å². The van der Waals surface area contributed by atoms with E-state index in [4.69, 9.17) is 11.6 Å². The maximum absolute atomic E-state index is 10.6. The van der Waals surface area contributed by atoms with Crippen LogP contribution in [-0.2, 0) is 0 Å². The van der Waals surface area contributed by atoms with E-state index in [0.717, 1.165) is 0 Å². The molecule has 7 nitrogen and oxygen atoms in total. The van der Waals surface area contributed by atoms with Crippen LogP contribution in [0.4, 0.5) is 5.69 Å². The third-order valence-electron chi connectivity index (χ3n) is 2.82. The summed E-state index contributed by atoms with van der Waals surface area (Å²) in [4.78, 5) is 11.4. The van der Waals surface area contributed by atoms with Crippen molar-refractivity contribution >= 4 is 17.3 Å². The average Bonchev–Trinajstić information content (AvgIpc) is 2.97. The van der Waals surface area contributed by atoms with Gasteiger partial charge in [0.2, 0.25) is 5.82 Å². The lowest BCUT2D eigenvalue weighted by molar-refractivity contribution is -0.384. The first-order chi connectivity index (χ1) is 10.1. The monoisotopic (exact) mass is 301 g/mol. The highest BCUT2D eigenvalue weighted by molar-refractivity contribution is 6.33. The maximum atomic E-state index is 10.6. The highest BCUT2D eigenvalue weighted by Gasteiger charge is 2.11. The van der Waals surface area contributed by atoms with Gasteiger partial charge in [0.15, 0.2) is 0 Å². The molecule has 3 aromatic rings. The van der Waals surface area contributed by atoms with Crippen molar-refractivity contribution in [2.45, 2.75) is 0 Å². The van der Waals surface area contributed by atoms with Gasteiger partial charge in [0.05, 0.1) is 15.6 Å². The van der Waals surface area contributed by atoms with Crippen molar-refractivity contribution in [3.63, 3.8) is 0 Å². The SMILES string of the molecule is O=[N+]([O-])c1ccc(-n2nnc(-c3ccccc3Cl)n2)cc1. The fourth-order valence-electron chi connectivity index (χ4n) is 1.78. The van der Waals surface area contributed by atoms with E-state index in [2.05, 4.69) is 15.4 Å². The van der Waals surface area contributed by atoms with E-state index in [9.17, 15) is 10.1 Å². The largest absolute Gasteiger partial charge is 0.269 e. The van der Waals surface area contributed by atoms with Crippen molar-refractivity contribution in [3.8, 4) is 17.1 Å². The summed E-state index contributed by atoms with van der Waals surface area (Å²) in [5.74, 6) is 0.388. The Labute approximate surface area is 123 Å². The Bertz CT molecular complexity index is 800. The van der Waals surface area contributed by atoms with Gasteiger partial charge < -0.3 is 0 Å². The molecule has 0 N–H and O–H groups in total. The number of non-ortho nitro benzene ring substituents is 1. The molecule has 1 heterocycles. The molecule has 0 saturated heterocycles. The van der Waals surface area contributed by atoms with Crippen molar-refractivity contribution in [1.82, 2.24) is 20.2 Å². The standard InChI is InChI=1S/C13H8ClN5O2/c14-12-4-2-1-3-11(12)13-15-17-18(16-13)9-5-7-10(8-6-9)19(20)21/h1-8H. The van der Waals surface area contributed by atoms with Crippen LogP contribution in [0.5, 0.6) is 0 Å². The van der Waals surface area contributed by atoms with Gasteiger partial charge in [-0.1, -0.05) is 23.7 Å². The molecule has 0 aliphatic rings. The third kappa shape index (κ3) is 2.59. The molecule has 2 aromatic carbocycles. The molecule has 104 valence electrons. The zero-order valence-corrected chi connectivity index (χ0v) is 11.3. The van der Waals surface area contributed by atoms with Crippen LogP contribution in [0, 0.1) is 10.1 Å². The topological polar surface area (TPSA) is 86.7 Å². The van der Waals surface area contributed by atoms with Gasteiger partial charge >= 0.3 is 0 Å². The van der Waals surface area contributed by atoms with Crippen LogP contribution < -0.4 is 0 Å². The van der Waals surface area contributed by atoms with E-state index in [0.29, 0.717) is 22.1 Å². The summed E-state index contributed by atoms with van der Waals surface area (Å²) in [5.41, 5.74) is 1.25. The molecule has 0 unspecified atom stereocenters. The summed E-state index contributed by atoms with van der Waals surface area (Å²) >= 11 is 6.08. The highest BCUT2D eigenvalue weighted by atomic mass is 35.5. The number of halogens is 1. The van der Waals surface area contributed by atoms with Gasteiger partial charge in [0, 0.05) is 17.7 Å². The minimum atomic E-state index is -0.465. The van der Waals surface area contributed by atoms with E-state index < -0.39 is 4.92 Å². The molecule has 0 aliphatic heterocycles. The van der Waals surface area contributed by atoms with E-state index in [1.807, 2.05) is 12.1 Å². The molecule has 21 heavy (non-hydrogen) atoms. The van der Waals surface area contributed by atoms with Gasteiger partial charge in [-0.2, -0.15) is 0 Å². The zero-order valence-electron chi connectivity index (χ0n) is 10.5. The molecule has 0 amide bonds. The van der Waals surface area contributed by atoms with Crippen molar-refractivity contribution in [3.05, 3.63) is 63.7 Å². The first-order valence-corrected chi connectivity index (χ1v) is 6.33. The lowest BCUT2D eigenvalue weighted by Crippen LogP contribution is -1.99. The summed E-state index contributed by atoms with van der Waals surface area (Å²) in [6.45, 7) is 0. The zero-order chi connectivity index (χ0) is 14.8. The van der Waals surface area contributed by atoms with E-state index in [1.165, 1.54) is 16.9 Å². The Morgan fingerprint density at radius 2 is 1.81 bits per heavy atom. The van der Waals surface area contributed by atoms with Crippen LogP contribution in [0.25, 0.3) is 17.1 Å². The van der Waals surface area contributed by atoms with Crippen molar-refractivity contribution in [1.29, 1.82) is 0 Å². The van der Waals surface area contributed by atoms with Crippen molar-refractivity contribution in [2.75, 3.05) is 0 Å². The molecule has 0 bridgehead atoms. The summed E-state index contributed by atoms with van der Waals surface area (Å²) in [6, 6.07) is 13.0. The van der Waals surface area contributed by atoms with Crippen LogP contribution in [-0.4, -0.2) is 25.1 Å². The number of hydrogen-bond acceptors (Lipinski definition) is 5. The number of nitro groups is 1. The molecular weight excluding hydrogens is 294 g/mol. The number of tetrazole rings is 1. The fraction of sp³-hybridized carbons (Fsp3) is 0. The first kappa shape index (κ1) is 13.2. The summed E-state index contributed by atoms with van der Waals surface area (Å²) in [7, 11) is 0. The quantitative estimate of drug-likeness (QED) is 0.548. The van der Waals surface area contributed by atoms with Crippen LogP contribution in [0.3, 0.4) is 0 Å². The van der Waals surface area contributed by atoms with E-state index >= 15 is 0 Å². The van der Waals surface area contributed by atoms with Crippen LogP contribution >= 0.6 is 11.6 Å². The highest BCUT2D eigenvalue weighted by Crippen LogP contribution is 2.24. The third-order valence-corrected chi connectivity index (χ3v) is 3.15. The second kappa shape index (κ2) is 5.29. The maximum Gasteiger partial charge on any atom is 0.269 e. The minimum absolute atomic E-state index is 0.00481. The van der Waals surface area contributed by atoms with Crippen LogP contribution in [0.1, 0.15) is 0 Å². The first-order valence-electron chi connectivity index (χ1n) is 5.95. The molecule has 8 heteroatoms. The van der Waals surface area contributed by atoms with Gasteiger partial charge in [0.1, 0.15) is 0 Å². The number of aromatic nitrogens is 4. The molecule has 1 aromatic heterocycles. The Balaban J connectivity index is 1.95. The van der Waals surface area contributed by atoms with Gasteiger partial charge in [0.25, 0.3) is 5.69 Å². The molecule has 0 spiro atoms. The molecule has 0 radical (unpaired) electrons. The van der Waals surface area contributed by atoms with E-state index in [1.54, 1.807) is 24.3 Å². The predicted molar refractivity (Wildman–Crippen MR) is 76.3 cm³/mol. The summed E-state index contributed by atoms with van der Waals surface area (Å²) < 4.78 is 0. The normalized spacial score (nSPS) is 10.5. The average molecular weight is 302 g/mol. The minimum Gasteiger partial charge on any atom is -0.258 e. The lowest BCUT2D eigenvalue weighted by atomic mass is 10.2. The Morgan fingerprint density at radius 1 is 1.10 bits per heavy atom. The second-order valence-corrected chi connectivity index (χ2v) is 4.56. The number of rotatable bonds is 3. The van der Waals surface area contributed by atoms with Crippen LogP contribution in [0.15, 0.2) is 48.5 Å². The molecule has 3 rings (SSSR count). The second-order valence-electron chi connectivity index (χ2n) is 4.16. The lowest BCUT2D eigenvalue weighted by Gasteiger charge is -1.98. The number of nitrogens with zero attached hydrogens (tertiary/aromatic N) is 5. The van der Waals surface area contributed by atoms with Gasteiger partial charge in [-0.15, -0.1) is 15.0 Å². The Morgan fingerprint density at radius 3 is 2.48 bits per heavy atom. The molecular formula is C13H8ClN5O2. The molecule has 0 fully saturated rings. The summed E-state index contributed by atoms with van der Waals surface area (Å²) in [6.07, 6.45) is 0. The Kier molecular flexibility index (Phi) is 3.33. The summed E-state index contributed by atoms with van der Waals surface area (Å²) in [5, 5.41) is 23.2. The smallest absolute Gasteiger partial charge is 0.258 e. The molecule has 0 saturated carbocycles. The predicted octanol–water partition coefficient (Wildman–Crippen LogP) is 2.89. The van der Waals surface area contributed by atoms with Crippen molar-refractivity contribution < 1.29 is 4.92 Å². The molecule has 0 atom stereocenters. The molecule has 0 aliphatic carbocycles. The number of nitro benzene ring substituents is 1. The number of hydrogen-bond donors (Lipinski definition) is 0. The van der Waals surface area contributed by atoms with Gasteiger partial charge in [-0.25, -0.2) is 0 Å². The van der Waals surface area contributed by atoms with Crippen molar-refractivity contribution in [2.24, 2.45) is 0 Å². The fourth-order valence-corrected chi connectivity index (χ4v) is 2.00. The van der Waals surface area contributed by atoms with Gasteiger partial charge in [-0.3, -0.25) is 10.1 Å².